The number of benzene rings is 4. The number of hydrazine groups is 1. The number of nitrogens with zero attached hydrogens (tertiary/aromatic N) is 1. The van der Waals surface area contributed by atoms with Crippen LogP contribution in [0.3, 0.4) is 0 Å². The molecule has 5 rings (SSSR count). The Morgan fingerprint density at radius 2 is 1.66 bits per heavy atom. The second-order valence-electron chi connectivity index (χ2n) is 10.4. The van der Waals surface area contributed by atoms with E-state index in [1.165, 1.54) is 0 Å². The summed E-state index contributed by atoms with van der Waals surface area (Å²) in [4.78, 5) is 19.4. The van der Waals surface area contributed by atoms with Gasteiger partial charge < -0.3 is 14.6 Å². The van der Waals surface area contributed by atoms with E-state index in [0.717, 1.165) is 31.2 Å². The van der Waals surface area contributed by atoms with Gasteiger partial charge in [-0.3, -0.25) is 10.2 Å². The number of amides is 1. The van der Waals surface area contributed by atoms with Gasteiger partial charge in [-0.05, 0) is 83.8 Å². The molecule has 0 spiro atoms. The second-order valence-corrected chi connectivity index (χ2v) is 12.7. The number of hydrogen-bond donors (Lipinski definition) is 3. The van der Waals surface area contributed by atoms with Crippen LogP contribution in [-0.4, -0.2) is 42.2 Å². The zero-order chi connectivity index (χ0) is 30.9. The lowest BCUT2D eigenvalue weighted by Crippen LogP contribution is -2.54. The molecular weight excluding hydrogens is 710 g/mol. The molecule has 228 valence electrons. The molecule has 1 aliphatic rings. The van der Waals surface area contributed by atoms with E-state index in [1.807, 2.05) is 97.1 Å². The molecule has 1 heterocycles. The van der Waals surface area contributed by atoms with Crippen LogP contribution in [0.15, 0.2) is 111 Å². The van der Waals surface area contributed by atoms with Crippen molar-refractivity contribution >= 4 is 55.3 Å². The van der Waals surface area contributed by atoms with Crippen molar-refractivity contribution in [1.29, 1.82) is 0 Å². The van der Waals surface area contributed by atoms with E-state index in [-0.39, 0.29) is 12.5 Å². The Morgan fingerprint density at radius 1 is 0.955 bits per heavy atom. The Hall–Kier alpha value is -3.21. The summed E-state index contributed by atoms with van der Waals surface area (Å²) in [5, 5.41) is 9.72. The number of carbonyl (C=O) groups excluding carboxylic acids is 1. The quantitative estimate of drug-likeness (QED) is 0.102. The summed E-state index contributed by atoms with van der Waals surface area (Å²) in [6.45, 7) is 0.983. The van der Waals surface area contributed by atoms with Gasteiger partial charge in [-0.1, -0.05) is 79.9 Å². The predicted molar refractivity (Wildman–Crippen MR) is 180 cm³/mol. The molecule has 7 nitrogen and oxygen atoms in total. The first-order valence-corrected chi connectivity index (χ1v) is 16.2. The van der Waals surface area contributed by atoms with Gasteiger partial charge in [0.05, 0.1) is 6.61 Å². The number of ether oxygens (including phenoxy) is 2. The molecule has 0 fully saturated rings. The first-order valence-electron chi connectivity index (χ1n) is 14.2. The standard InChI is InChI=1S/C34H32Br2ClN3O4/c35-27-11-5-24(6-12-27)22-34(33(42)40-38-18-17-23-3-1-4-29(37)21-23)31(25-7-13-28(36)14-8-25)44-32(39-34)26-9-15-30(16-10-26)43-20-2-19-41/h1,3-16,21,31,38,41H,2,17-20,22H2,(H,40,42)/t31-,34-/m0/s1. The van der Waals surface area contributed by atoms with Crippen molar-refractivity contribution in [1.82, 2.24) is 10.9 Å². The van der Waals surface area contributed by atoms with Crippen molar-refractivity contribution in [3.8, 4) is 5.75 Å². The highest BCUT2D eigenvalue weighted by molar-refractivity contribution is 9.10. The molecule has 0 saturated carbocycles. The third-order valence-corrected chi connectivity index (χ3v) is 8.51. The maximum atomic E-state index is 14.3. The highest BCUT2D eigenvalue weighted by Crippen LogP contribution is 2.43. The van der Waals surface area contributed by atoms with Gasteiger partial charge in [0.1, 0.15) is 5.75 Å². The average molecular weight is 742 g/mol. The smallest absolute Gasteiger partial charge is 0.266 e. The summed E-state index contributed by atoms with van der Waals surface area (Å²) in [5.41, 5.74) is 8.25. The lowest BCUT2D eigenvalue weighted by Gasteiger charge is -2.31. The lowest BCUT2D eigenvalue weighted by molar-refractivity contribution is -0.130. The summed E-state index contributed by atoms with van der Waals surface area (Å²) < 4.78 is 14.1. The number of aliphatic imine (C=N–C) groups is 1. The monoisotopic (exact) mass is 739 g/mol. The zero-order valence-corrected chi connectivity index (χ0v) is 27.7. The number of carbonyl (C=O) groups is 1. The van der Waals surface area contributed by atoms with E-state index in [4.69, 9.17) is 31.2 Å². The van der Waals surface area contributed by atoms with Gasteiger partial charge in [0.2, 0.25) is 5.90 Å². The Kier molecular flexibility index (Phi) is 11.1. The molecule has 1 amide bonds. The topological polar surface area (TPSA) is 92.2 Å². The molecule has 0 unspecified atom stereocenters. The summed E-state index contributed by atoms with van der Waals surface area (Å²) >= 11 is 13.2. The largest absolute Gasteiger partial charge is 0.494 e. The minimum absolute atomic E-state index is 0.0676. The van der Waals surface area contributed by atoms with Crippen molar-refractivity contribution < 1.29 is 19.4 Å². The van der Waals surface area contributed by atoms with E-state index in [9.17, 15) is 4.79 Å². The Labute approximate surface area is 278 Å². The summed E-state index contributed by atoms with van der Waals surface area (Å²) in [5.74, 6) is 0.734. The lowest BCUT2D eigenvalue weighted by atomic mass is 9.82. The summed E-state index contributed by atoms with van der Waals surface area (Å²) in [7, 11) is 0. The Bertz CT molecular complexity index is 1580. The zero-order valence-electron chi connectivity index (χ0n) is 23.8. The first-order chi connectivity index (χ1) is 21.4. The normalized spacial score (nSPS) is 17.5. The number of rotatable bonds is 13. The Balaban J connectivity index is 1.47. The van der Waals surface area contributed by atoms with E-state index in [1.54, 1.807) is 0 Å². The Morgan fingerprint density at radius 3 is 2.34 bits per heavy atom. The summed E-state index contributed by atoms with van der Waals surface area (Å²) in [6.07, 6.45) is 0.820. The number of nitrogens with one attached hydrogen (secondary N) is 2. The predicted octanol–water partition coefficient (Wildman–Crippen LogP) is 6.99. The van der Waals surface area contributed by atoms with Crippen molar-refractivity contribution in [3.63, 3.8) is 0 Å². The van der Waals surface area contributed by atoms with Crippen LogP contribution < -0.4 is 15.6 Å². The molecule has 0 aliphatic carbocycles. The van der Waals surface area contributed by atoms with E-state index in [2.05, 4.69) is 42.7 Å². The molecule has 3 N–H and O–H groups in total. The van der Waals surface area contributed by atoms with Gasteiger partial charge >= 0.3 is 0 Å². The minimum Gasteiger partial charge on any atom is -0.494 e. The number of halogens is 3. The van der Waals surface area contributed by atoms with Crippen molar-refractivity contribution in [3.05, 3.63) is 133 Å². The van der Waals surface area contributed by atoms with Crippen molar-refractivity contribution in [2.45, 2.75) is 30.9 Å². The van der Waals surface area contributed by atoms with E-state index in [0.29, 0.717) is 49.1 Å². The van der Waals surface area contributed by atoms with Gasteiger partial charge in [-0.2, -0.15) is 0 Å². The molecule has 44 heavy (non-hydrogen) atoms. The van der Waals surface area contributed by atoms with Crippen LogP contribution in [0.1, 0.15) is 34.8 Å². The molecule has 10 heteroatoms. The highest BCUT2D eigenvalue weighted by Gasteiger charge is 2.53. The second kappa shape index (κ2) is 15.2. The highest BCUT2D eigenvalue weighted by atomic mass is 79.9. The fraction of sp³-hybridized carbons (Fsp3) is 0.235. The molecule has 0 bridgehead atoms. The van der Waals surface area contributed by atoms with Gasteiger partial charge in [-0.15, -0.1) is 0 Å². The third kappa shape index (κ3) is 8.08. The van der Waals surface area contributed by atoms with Crippen LogP contribution in [0.2, 0.25) is 5.02 Å². The fourth-order valence-corrected chi connectivity index (χ4v) is 5.73. The molecule has 4 aromatic carbocycles. The summed E-state index contributed by atoms with van der Waals surface area (Å²) in [6, 6.07) is 30.7. The molecule has 1 aliphatic heterocycles. The van der Waals surface area contributed by atoms with E-state index >= 15 is 0 Å². The SMILES string of the molecule is O=C(NNCCc1cccc(Cl)c1)[C@@]1(Cc2ccc(Br)cc2)N=C(c2ccc(OCCCO)cc2)O[C@H]1c1ccc(Br)cc1. The number of hydrogen-bond acceptors (Lipinski definition) is 6. The van der Waals surface area contributed by atoms with Gasteiger partial charge in [0, 0.05) is 45.5 Å². The van der Waals surface area contributed by atoms with Gasteiger partial charge in [0.25, 0.3) is 5.91 Å². The van der Waals surface area contributed by atoms with Crippen LogP contribution >= 0.6 is 43.5 Å². The van der Waals surface area contributed by atoms with Crippen LogP contribution in [0.5, 0.6) is 5.75 Å². The van der Waals surface area contributed by atoms with E-state index < -0.39 is 11.6 Å². The first kappa shape index (κ1) is 32.2. The fourth-order valence-electron chi connectivity index (χ4n) is 4.98. The average Bonchev–Trinajstić information content (AvgIpc) is 3.41. The molecule has 0 saturated heterocycles. The third-order valence-electron chi connectivity index (χ3n) is 7.22. The van der Waals surface area contributed by atoms with Crippen LogP contribution in [0.25, 0.3) is 0 Å². The van der Waals surface area contributed by atoms with Gasteiger partial charge in [0.15, 0.2) is 11.6 Å². The van der Waals surface area contributed by atoms with Crippen molar-refractivity contribution in [2.75, 3.05) is 19.8 Å². The van der Waals surface area contributed by atoms with Crippen molar-refractivity contribution in [2.24, 2.45) is 4.99 Å². The maximum absolute atomic E-state index is 14.3. The van der Waals surface area contributed by atoms with Crippen LogP contribution in [0, 0.1) is 0 Å². The molecular formula is C34H32Br2ClN3O4. The minimum atomic E-state index is -1.32. The van der Waals surface area contributed by atoms with Crippen LogP contribution in [0.4, 0.5) is 0 Å². The number of aliphatic hydroxyl groups excluding tert-OH is 1. The molecule has 0 radical (unpaired) electrons. The molecule has 0 aromatic heterocycles. The number of aliphatic hydroxyl groups is 1. The molecule has 2 atom stereocenters. The maximum Gasteiger partial charge on any atom is 0.266 e. The van der Waals surface area contributed by atoms with Crippen LogP contribution in [-0.2, 0) is 22.4 Å². The van der Waals surface area contributed by atoms with Gasteiger partial charge in [-0.25, -0.2) is 10.4 Å². The molecule has 4 aromatic rings.